The quantitative estimate of drug-likeness (QED) is 0.362. The van der Waals surface area contributed by atoms with Crippen LogP contribution in [-0.4, -0.2) is 36.2 Å². The lowest BCUT2D eigenvalue weighted by Gasteiger charge is -2.35. The lowest BCUT2D eigenvalue weighted by Crippen LogP contribution is -2.59. The molecule has 152 valence electrons. The van der Waals surface area contributed by atoms with Gasteiger partial charge in [-0.2, -0.15) is 4.79 Å². The van der Waals surface area contributed by atoms with Crippen LogP contribution in [0.3, 0.4) is 0 Å². The highest BCUT2D eigenvalue weighted by Crippen LogP contribution is 2.18. The molecule has 0 radical (unpaired) electrons. The third kappa shape index (κ3) is 9.05. The number of aliphatic carboxylic acids is 1. The third-order valence-electron chi connectivity index (χ3n) is 4.90. The molecule has 1 aromatic carbocycles. The van der Waals surface area contributed by atoms with Crippen molar-refractivity contribution in [3.05, 3.63) is 35.9 Å². The SMILES string of the molecule is CCCCCC[N+](CCCCCC)(CC(=O)[O-])C(=O)OCc1ccccc1. The van der Waals surface area contributed by atoms with Gasteiger partial charge in [0.2, 0.25) is 0 Å². The molecule has 5 nitrogen and oxygen atoms in total. The van der Waals surface area contributed by atoms with E-state index in [9.17, 15) is 14.7 Å². The third-order valence-corrected chi connectivity index (χ3v) is 4.90. The van der Waals surface area contributed by atoms with Crippen LogP contribution in [0.5, 0.6) is 0 Å². The lowest BCUT2D eigenvalue weighted by atomic mass is 10.1. The van der Waals surface area contributed by atoms with E-state index in [1.807, 2.05) is 30.3 Å². The molecule has 0 fully saturated rings. The van der Waals surface area contributed by atoms with Crippen molar-refractivity contribution in [2.45, 2.75) is 71.8 Å². The Hall–Kier alpha value is -1.88. The molecule has 27 heavy (non-hydrogen) atoms. The highest BCUT2D eigenvalue weighted by Gasteiger charge is 2.38. The first-order chi connectivity index (χ1) is 13.0. The number of benzene rings is 1. The van der Waals surface area contributed by atoms with Gasteiger partial charge in [0.15, 0.2) is 0 Å². The summed E-state index contributed by atoms with van der Waals surface area (Å²) >= 11 is 0. The van der Waals surface area contributed by atoms with Gasteiger partial charge < -0.3 is 14.6 Å². The normalized spacial score (nSPS) is 11.3. The summed E-state index contributed by atoms with van der Waals surface area (Å²) in [5.74, 6) is -1.20. The summed E-state index contributed by atoms with van der Waals surface area (Å²) in [6, 6.07) is 9.47. The minimum atomic E-state index is -1.20. The molecule has 1 amide bonds. The molecule has 0 heterocycles. The summed E-state index contributed by atoms with van der Waals surface area (Å²) in [4.78, 5) is 24.4. The Labute approximate surface area is 163 Å². The van der Waals surface area contributed by atoms with Gasteiger partial charge >= 0.3 is 6.09 Å². The maximum Gasteiger partial charge on any atom is 0.516 e. The Balaban J connectivity index is 2.83. The highest BCUT2D eigenvalue weighted by atomic mass is 16.6. The van der Waals surface area contributed by atoms with Crippen LogP contribution in [0, 0.1) is 0 Å². The Kier molecular flexibility index (Phi) is 11.4. The number of nitrogens with zero attached hydrogens (tertiary/aromatic N) is 1. The zero-order valence-electron chi connectivity index (χ0n) is 17.0. The van der Waals surface area contributed by atoms with Crippen LogP contribution in [-0.2, 0) is 16.1 Å². The topological polar surface area (TPSA) is 66.4 Å². The number of amides is 1. The first-order valence-corrected chi connectivity index (χ1v) is 10.3. The van der Waals surface area contributed by atoms with E-state index in [2.05, 4.69) is 13.8 Å². The molecule has 0 bridgehead atoms. The van der Waals surface area contributed by atoms with Crippen molar-refractivity contribution >= 4 is 12.1 Å². The van der Waals surface area contributed by atoms with Crippen molar-refractivity contribution in [2.24, 2.45) is 0 Å². The van der Waals surface area contributed by atoms with Crippen molar-refractivity contribution in [3.63, 3.8) is 0 Å². The first kappa shape index (κ1) is 23.2. The first-order valence-electron chi connectivity index (χ1n) is 10.3. The van der Waals surface area contributed by atoms with E-state index in [0.29, 0.717) is 13.1 Å². The van der Waals surface area contributed by atoms with Crippen molar-refractivity contribution in [2.75, 3.05) is 19.6 Å². The van der Waals surface area contributed by atoms with Crippen LogP contribution >= 0.6 is 0 Å². The summed E-state index contributed by atoms with van der Waals surface area (Å²) in [5.41, 5.74) is 0.898. The summed E-state index contributed by atoms with van der Waals surface area (Å²) in [6.07, 6.45) is 7.52. The molecule has 1 rings (SSSR count). The van der Waals surface area contributed by atoms with E-state index in [1.54, 1.807) is 0 Å². The fourth-order valence-electron chi connectivity index (χ4n) is 3.30. The van der Waals surface area contributed by atoms with Gasteiger partial charge in [0.25, 0.3) is 0 Å². The smallest absolute Gasteiger partial charge is 0.516 e. The molecule has 0 atom stereocenters. The number of rotatable bonds is 14. The number of carbonyl (C=O) groups excluding carboxylic acids is 2. The molecule has 0 aliphatic carbocycles. The number of carboxylic acid groups (broad SMARTS) is 1. The van der Waals surface area contributed by atoms with E-state index in [4.69, 9.17) is 4.74 Å². The van der Waals surface area contributed by atoms with Crippen molar-refractivity contribution in [1.29, 1.82) is 0 Å². The van der Waals surface area contributed by atoms with Crippen LogP contribution < -0.4 is 5.11 Å². The van der Waals surface area contributed by atoms with E-state index >= 15 is 0 Å². The molecule has 0 aliphatic rings. The zero-order valence-corrected chi connectivity index (χ0v) is 17.0. The van der Waals surface area contributed by atoms with Gasteiger partial charge in [-0.15, -0.1) is 0 Å². The van der Waals surface area contributed by atoms with E-state index < -0.39 is 12.1 Å². The average Bonchev–Trinajstić information content (AvgIpc) is 2.66. The molecule has 0 unspecified atom stereocenters. The van der Waals surface area contributed by atoms with Crippen LogP contribution in [0.4, 0.5) is 4.79 Å². The van der Waals surface area contributed by atoms with Gasteiger partial charge in [0, 0.05) is 0 Å². The summed E-state index contributed by atoms with van der Waals surface area (Å²) in [6.45, 7) is 5.09. The molecule has 0 aromatic heterocycles. The lowest BCUT2D eigenvalue weighted by molar-refractivity contribution is -0.853. The molecule has 0 spiro atoms. The molecular formula is C22H35NO4. The minimum Gasteiger partial charge on any atom is -0.544 e. The van der Waals surface area contributed by atoms with Crippen molar-refractivity contribution in [3.8, 4) is 0 Å². The van der Waals surface area contributed by atoms with Gasteiger partial charge in [0.1, 0.15) is 13.2 Å². The Morgan fingerprint density at radius 1 is 0.889 bits per heavy atom. The standard InChI is InChI=1S/C22H35NO4/c1-3-5-7-12-16-23(18-21(24)25,17-13-8-6-4-2)22(26)27-19-20-14-10-9-11-15-20/h9-11,14-15H,3-8,12-13,16-19H2,1-2H3. The summed E-state index contributed by atoms with van der Waals surface area (Å²) in [7, 11) is 0. The molecule has 1 aromatic rings. The predicted octanol–water partition coefficient (Wildman–Crippen LogP) is 4.05. The van der Waals surface area contributed by atoms with Crippen LogP contribution in [0.1, 0.15) is 70.8 Å². The van der Waals surface area contributed by atoms with Gasteiger partial charge in [-0.05, 0) is 31.2 Å². The molecule has 0 aliphatic heterocycles. The number of quaternary nitrogens is 1. The van der Waals surface area contributed by atoms with E-state index in [-0.39, 0.29) is 17.6 Å². The monoisotopic (exact) mass is 377 g/mol. The molecule has 0 N–H and O–H groups in total. The van der Waals surface area contributed by atoms with E-state index in [1.165, 1.54) is 0 Å². The second-order valence-electron chi connectivity index (χ2n) is 7.28. The highest BCUT2D eigenvalue weighted by molar-refractivity contribution is 5.69. The number of carbonyl (C=O) groups is 2. The fourth-order valence-corrected chi connectivity index (χ4v) is 3.30. The van der Waals surface area contributed by atoms with Gasteiger partial charge in [-0.1, -0.05) is 69.9 Å². The van der Waals surface area contributed by atoms with Gasteiger partial charge in [-0.25, -0.2) is 4.48 Å². The Morgan fingerprint density at radius 2 is 1.44 bits per heavy atom. The van der Waals surface area contributed by atoms with Crippen LogP contribution in [0.25, 0.3) is 0 Å². The number of hydrogen-bond donors (Lipinski definition) is 0. The number of unbranched alkanes of at least 4 members (excludes halogenated alkanes) is 6. The molecule has 0 saturated carbocycles. The second kappa shape index (κ2) is 13.3. The van der Waals surface area contributed by atoms with Gasteiger partial charge in [-0.3, -0.25) is 0 Å². The zero-order chi connectivity index (χ0) is 20.0. The largest absolute Gasteiger partial charge is 0.544 e. The molecular weight excluding hydrogens is 342 g/mol. The average molecular weight is 378 g/mol. The molecule has 0 saturated heterocycles. The van der Waals surface area contributed by atoms with Gasteiger partial charge in [0.05, 0.1) is 19.1 Å². The number of ether oxygens (including phenoxy) is 1. The van der Waals surface area contributed by atoms with Crippen molar-refractivity contribution in [1.82, 2.24) is 0 Å². The maximum atomic E-state index is 13.0. The maximum absolute atomic E-state index is 13.0. The second-order valence-corrected chi connectivity index (χ2v) is 7.28. The number of carboxylic acids is 1. The van der Waals surface area contributed by atoms with Crippen LogP contribution in [0.15, 0.2) is 30.3 Å². The Bertz CT molecular complexity index is 533. The summed E-state index contributed by atoms with van der Waals surface area (Å²) < 4.78 is 5.39. The summed E-state index contributed by atoms with van der Waals surface area (Å²) in [5, 5.41) is 11.4. The Morgan fingerprint density at radius 3 is 1.93 bits per heavy atom. The minimum absolute atomic E-state index is 0.163. The molecule has 5 heteroatoms. The van der Waals surface area contributed by atoms with Crippen LogP contribution in [0.2, 0.25) is 0 Å². The van der Waals surface area contributed by atoms with Crippen molar-refractivity contribution < 1.29 is 23.9 Å². The predicted molar refractivity (Wildman–Crippen MR) is 105 cm³/mol. The fraction of sp³-hybridized carbons (Fsp3) is 0.636. The number of hydrogen-bond acceptors (Lipinski definition) is 4. The van der Waals surface area contributed by atoms with E-state index in [0.717, 1.165) is 56.9 Å².